The molecule has 1 heterocycles. The van der Waals surface area contributed by atoms with Gasteiger partial charge in [-0.2, -0.15) is 4.98 Å². The molecule has 19 heavy (non-hydrogen) atoms. The Kier molecular flexibility index (Phi) is 4.07. The lowest BCUT2D eigenvalue weighted by atomic mass is 10.2. The Bertz CT molecular complexity index is 619. The van der Waals surface area contributed by atoms with Crippen molar-refractivity contribution in [2.75, 3.05) is 17.7 Å². The Morgan fingerprint density at radius 3 is 2.63 bits per heavy atom. The molecule has 1 aromatic heterocycles. The quantitative estimate of drug-likeness (QED) is 0.899. The van der Waals surface area contributed by atoms with Gasteiger partial charge in [0.25, 0.3) is 0 Å². The average Bonchev–Trinajstić information content (AvgIpc) is 2.38. The van der Waals surface area contributed by atoms with Crippen LogP contribution in [-0.4, -0.2) is 17.0 Å². The first-order chi connectivity index (χ1) is 9.01. The standard InChI is InChI=1S/C12H11Cl2FN4/c1-6-3-8(14)10(4-7(6)13)18-11-9(15)5-17-12(16-2)19-11/h3-5H,1-2H3,(H2,16,17,18,19). The van der Waals surface area contributed by atoms with Crippen LogP contribution < -0.4 is 10.6 Å². The van der Waals surface area contributed by atoms with Gasteiger partial charge in [0.2, 0.25) is 5.95 Å². The topological polar surface area (TPSA) is 49.8 Å². The number of rotatable bonds is 3. The van der Waals surface area contributed by atoms with E-state index in [1.54, 1.807) is 19.2 Å². The normalized spacial score (nSPS) is 10.4. The van der Waals surface area contributed by atoms with Crippen molar-refractivity contribution >= 4 is 40.7 Å². The van der Waals surface area contributed by atoms with Crippen molar-refractivity contribution in [3.05, 3.63) is 39.8 Å². The number of hydrogen-bond donors (Lipinski definition) is 2. The number of aromatic nitrogens is 2. The molecular formula is C12H11Cl2FN4. The fourth-order valence-corrected chi connectivity index (χ4v) is 1.87. The Labute approximate surface area is 120 Å². The minimum absolute atomic E-state index is 0.0289. The van der Waals surface area contributed by atoms with Crippen LogP contribution in [-0.2, 0) is 0 Å². The number of halogens is 3. The average molecular weight is 301 g/mol. The largest absolute Gasteiger partial charge is 0.357 e. The van der Waals surface area contributed by atoms with Crippen LogP contribution in [0.2, 0.25) is 10.0 Å². The molecule has 2 N–H and O–H groups in total. The molecule has 0 spiro atoms. The van der Waals surface area contributed by atoms with E-state index >= 15 is 0 Å². The third kappa shape index (κ3) is 3.05. The fourth-order valence-electron chi connectivity index (χ4n) is 1.44. The lowest BCUT2D eigenvalue weighted by Gasteiger charge is -2.11. The lowest BCUT2D eigenvalue weighted by Crippen LogP contribution is -2.03. The SMILES string of the molecule is CNc1ncc(F)c(Nc2cc(Cl)c(C)cc2Cl)n1. The second-order valence-electron chi connectivity index (χ2n) is 3.85. The van der Waals surface area contributed by atoms with Crippen molar-refractivity contribution in [1.82, 2.24) is 9.97 Å². The van der Waals surface area contributed by atoms with Gasteiger partial charge >= 0.3 is 0 Å². The van der Waals surface area contributed by atoms with Crippen LogP contribution in [0.4, 0.5) is 21.8 Å². The molecule has 2 rings (SSSR count). The van der Waals surface area contributed by atoms with Crippen LogP contribution in [0.3, 0.4) is 0 Å². The highest BCUT2D eigenvalue weighted by atomic mass is 35.5. The summed E-state index contributed by atoms with van der Waals surface area (Å²) in [5, 5.41) is 6.50. The second kappa shape index (κ2) is 5.59. The Balaban J connectivity index is 2.38. The first kappa shape index (κ1) is 13.8. The van der Waals surface area contributed by atoms with Gasteiger partial charge in [-0.1, -0.05) is 23.2 Å². The number of nitrogens with one attached hydrogen (secondary N) is 2. The molecule has 0 unspecified atom stereocenters. The highest BCUT2D eigenvalue weighted by Gasteiger charge is 2.10. The first-order valence-corrected chi connectivity index (χ1v) is 6.20. The van der Waals surface area contributed by atoms with Gasteiger partial charge in [-0.15, -0.1) is 0 Å². The summed E-state index contributed by atoms with van der Waals surface area (Å²) in [5.74, 6) is -0.244. The summed E-state index contributed by atoms with van der Waals surface area (Å²) in [7, 11) is 1.65. The smallest absolute Gasteiger partial charge is 0.224 e. The molecule has 0 radical (unpaired) electrons. The maximum Gasteiger partial charge on any atom is 0.224 e. The molecule has 0 amide bonds. The third-order valence-electron chi connectivity index (χ3n) is 2.47. The fraction of sp³-hybridized carbons (Fsp3) is 0.167. The van der Waals surface area contributed by atoms with Crippen molar-refractivity contribution in [2.45, 2.75) is 6.92 Å². The zero-order valence-electron chi connectivity index (χ0n) is 10.3. The predicted octanol–water partition coefficient (Wildman–Crippen LogP) is 4.02. The van der Waals surface area contributed by atoms with E-state index < -0.39 is 5.82 Å². The summed E-state index contributed by atoms with van der Waals surface area (Å²) in [6.45, 7) is 1.84. The van der Waals surface area contributed by atoms with Gasteiger partial charge < -0.3 is 10.6 Å². The van der Waals surface area contributed by atoms with Crippen LogP contribution in [0.25, 0.3) is 0 Å². The van der Waals surface area contributed by atoms with E-state index in [2.05, 4.69) is 20.6 Å². The molecule has 0 aliphatic rings. The van der Waals surface area contributed by atoms with Crippen LogP contribution >= 0.6 is 23.2 Å². The number of anilines is 3. The Morgan fingerprint density at radius 2 is 1.95 bits per heavy atom. The Morgan fingerprint density at radius 1 is 1.21 bits per heavy atom. The van der Waals surface area contributed by atoms with Crippen LogP contribution in [0.15, 0.2) is 18.3 Å². The maximum absolute atomic E-state index is 13.6. The Hall–Kier alpha value is -1.59. The molecule has 0 fully saturated rings. The van der Waals surface area contributed by atoms with E-state index in [0.29, 0.717) is 21.7 Å². The van der Waals surface area contributed by atoms with Crippen LogP contribution in [0.5, 0.6) is 0 Å². The van der Waals surface area contributed by atoms with Gasteiger partial charge in [0.1, 0.15) is 0 Å². The predicted molar refractivity (Wildman–Crippen MR) is 76.0 cm³/mol. The molecular weight excluding hydrogens is 290 g/mol. The van der Waals surface area contributed by atoms with E-state index in [4.69, 9.17) is 23.2 Å². The van der Waals surface area contributed by atoms with Crippen molar-refractivity contribution in [3.8, 4) is 0 Å². The molecule has 0 aliphatic heterocycles. The maximum atomic E-state index is 13.6. The van der Waals surface area contributed by atoms with Gasteiger partial charge in [0.15, 0.2) is 11.6 Å². The summed E-state index contributed by atoms with van der Waals surface area (Å²) in [5.41, 5.74) is 1.33. The van der Waals surface area contributed by atoms with E-state index in [9.17, 15) is 4.39 Å². The van der Waals surface area contributed by atoms with Crippen molar-refractivity contribution < 1.29 is 4.39 Å². The molecule has 0 atom stereocenters. The molecule has 0 bridgehead atoms. The minimum Gasteiger partial charge on any atom is -0.357 e. The molecule has 1 aromatic carbocycles. The van der Waals surface area contributed by atoms with Gasteiger partial charge in [0.05, 0.1) is 16.9 Å². The van der Waals surface area contributed by atoms with Crippen LogP contribution in [0.1, 0.15) is 5.56 Å². The number of hydrogen-bond acceptors (Lipinski definition) is 4. The third-order valence-corrected chi connectivity index (χ3v) is 3.19. The monoisotopic (exact) mass is 300 g/mol. The van der Waals surface area contributed by atoms with Crippen LogP contribution in [0, 0.1) is 12.7 Å². The van der Waals surface area contributed by atoms with Gasteiger partial charge in [-0.25, -0.2) is 9.37 Å². The number of benzene rings is 1. The van der Waals surface area contributed by atoms with E-state index in [0.717, 1.165) is 11.8 Å². The zero-order chi connectivity index (χ0) is 14.0. The van der Waals surface area contributed by atoms with Gasteiger partial charge in [-0.3, -0.25) is 0 Å². The summed E-state index contributed by atoms with van der Waals surface area (Å²) >= 11 is 12.1. The number of nitrogens with zero attached hydrogens (tertiary/aromatic N) is 2. The highest BCUT2D eigenvalue weighted by Crippen LogP contribution is 2.31. The number of aryl methyl sites for hydroxylation is 1. The van der Waals surface area contributed by atoms with Crippen molar-refractivity contribution in [3.63, 3.8) is 0 Å². The summed E-state index contributed by atoms with van der Waals surface area (Å²) < 4.78 is 13.6. The molecule has 2 aromatic rings. The molecule has 0 aliphatic carbocycles. The molecule has 0 saturated carbocycles. The molecule has 100 valence electrons. The van der Waals surface area contributed by atoms with E-state index in [1.807, 2.05) is 6.92 Å². The summed E-state index contributed by atoms with van der Waals surface area (Å²) in [6, 6.07) is 3.32. The van der Waals surface area contributed by atoms with E-state index in [-0.39, 0.29) is 5.82 Å². The van der Waals surface area contributed by atoms with Crippen molar-refractivity contribution in [1.29, 1.82) is 0 Å². The lowest BCUT2D eigenvalue weighted by molar-refractivity contribution is 0.619. The molecule has 4 nitrogen and oxygen atoms in total. The molecule has 0 saturated heterocycles. The summed E-state index contributed by atoms with van der Waals surface area (Å²) in [4.78, 5) is 7.73. The van der Waals surface area contributed by atoms with Gasteiger partial charge in [-0.05, 0) is 24.6 Å². The first-order valence-electron chi connectivity index (χ1n) is 5.44. The minimum atomic E-state index is -0.577. The molecule has 7 heteroatoms. The summed E-state index contributed by atoms with van der Waals surface area (Å²) in [6.07, 6.45) is 1.07. The second-order valence-corrected chi connectivity index (χ2v) is 4.66. The highest BCUT2D eigenvalue weighted by molar-refractivity contribution is 6.35. The zero-order valence-corrected chi connectivity index (χ0v) is 11.8. The van der Waals surface area contributed by atoms with Gasteiger partial charge in [0, 0.05) is 12.1 Å². The van der Waals surface area contributed by atoms with E-state index in [1.165, 1.54) is 0 Å². The van der Waals surface area contributed by atoms with Crippen molar-refractivity contribution in [2.24, 2.45) is 0 Å².